The lowest BCUT2D eigenvalue weighted by Gasteiger charge is -2.25. The van der Waals surface area contributed by atoms with E-state index in [0.29, 0.717) is 31.7 Å². The fraction of sp³-hybridized carbons (Fsp3) is 0.250. The van der Waals surface area contributed by atoms with Crippen LogP contribution in [0.3, 0.4) is 0 Å². The van der Waals surface area contributed by atoms with E-state index in [9.17, 15) is 14.4 Å². The predicted octanol–water partition coefficient (Wildman–Crippen LogP) is 2.78. The average Bonchev–Trinajstić information content (AvgIpc) is 3.20. The molecule has 0 aliphatic carbocycles. The number of rotatable bonds is 7. The first-order chi connectivity index (χ1) is 15.6. The lowest BCUT2D eigenvalue weighted by Crippen LogP contribution is -2.40. The Morgan fingerprint density at radius 1 is 1.06 bits per heavy atom. The van der Waals surface area contributed by atoms with Crippen molar-refractivity contribution in [3.8, 4) is 0 Å². The number of likely N-dealkylation sites (tertiary alicyclic amines) is 1. The van der Waals surface area contributed by atoms with Crippen LogP contribution >= 0.6 is 0 Å². The van der Waals surface area contributed by atoms with Gasteiger partial charge in [0.15, 0.2) is 0 Å². The van der Waals surface area contributed by atoms with E-state index in [1.807, 2.05) is 48.5 Å². The van der Waals surface area contributed by atoms with Crippen molar-refractivity contribution in [3.05, 3.63) is 94.7 Å². The average molecular weight is 431 g/mol. The maximum atomic E-state index is 12.8. The first kappa shape index (κ1) is 21.3. The van der Waals surface area contributed by atoms with Crippen molar-refractivity contribution in [2.45, 2.75) is 25.4 Å². The fourth-order valence-electron chi connectivity index (χ4n) is 3.81. The molecule has 164 valence electrons. The van der Waals surface area contributed by atoms with Gasteiger partial charge in [-0.3, -0.25) is 9.36 Å². The summed E-state index contributed by atoms with van der Waals surface area (Å²) >= 11 is 0. The molecule has 0 unspecified atom stereocenters. The summed E-state index contributed by atoms with van der Waals surface area (Å²) in [6.45, 7) is 1.50. The quantitative estimate of drug-likeness (QED) is 0.601. The molecule has 3 aromatic rings. The van der Waals surface area contributed by atoms with Gasteiger partial charge in [-0.1, -0.05) is 42.5 Å². The van der Waals surface area contributed by atoms with Crippen LogP contribution in [0.2, 0.25) is 0 Å². The van der Waals surface area contributed by atoms with Crippen LogP contribution in [-0.4, -0.2) is 39.5 Å². The smallest absolute Gasteiger partial charge is 0.340 e. The summed E-state index contributed by atoms with van der Waals surface area (Å²) < 4.78 is 1.50. The zero-order valence-electron chi connectivity index (χ0n) is 17.6. The predicted molar refractivity (Wildman–Crippen MR) is 121 cm³/mol. The molecule has 1 atom stereocenters. The molecule has 8 heteroatoms. The van der Waals surface area contributed by atoms with Crippen molar-refractivity contribution < 1.29 is 9.59 Å². The van der Waals surface area contributed by atoms with Crippen LogP contribution in [0.5, 0.6) is 0 Å². The zero-order valence-corrected chi connectivity index (χ0v) is 17.6. The van der Waals surface area contributed by atoms with E-state index < -0.39 is 0 Å². The van der Waals surface area contributed by atoms with Crippen molar-refractivity contribution in [1.82, 2.24) is 19.8 Å². The molecular formula is C24H25N5O3. The Morgan fingerprint density at radius 3 is 2.66 bits per heavy atom. The van der Waals surface area contributed by atoms with E-state index >= 15 is 0 Å². The number of urea groups is 1. The van der Waals surface area contributed by atoms with E-state index in [-0.39, 0.29) is 23.7 Å². The van der Waals surface area contributed by atoms with Crippen molar-refractivity contribution >= 4 is 17.6 Å². The summed E-state index contributed by atoms with van der Waals surface area (Å²) in [4.78, 5) is 42.3. The van der Waals surface area contributed by atoms with Crippen LogP contribution in [0.25, 0.3) is 0 Å². The first-order valence-corrected chi connectivity index (χ1v) is 10.6. The van der Waals surface area contributed by atoms with Crippen LogP contribution in [0.4, 0.5) is 10.5 Å². The van der Waals surface area contributed by atoms with Crippen LogP contribution in [-0.2, 0) is 11.3 Å². The van der Waals surface area contributed by atoms with E-state index in [4.69, 9.17) is 0 Å². The highest BCUT2D eigenvalue weighted by molar-refractivity contribution is 5.89. The number of aromatic nitrogens is 2. The summed E-state index contributed by atoms with van der Waals surface area (Å²) in [5, 5.41) is 5.86. The van der Waals surface area contributed by atoms with Gasteiger partial charge in [0, 0.05) is 37.6 Å². The molecule has 2 heterocycles. The minimum Gasteiger partial charge on any atom is -0.340 e. The van der Waals surface area contributed by atoms with Crippen molar-refractivity contribution in [2.75, 3.05) is 18.4 Å². The molecular weight excluding hydrogens is 406 g/mol. The normalized spacial score (nSPS) is 14.2. The lowest BCUT2D eigenvalue weighted by atomic mass is 10.1. The number of nitrogens with one attached hydrogen (secondary N) is 2. The number of amides is 3. The fourth-order valence-corrected chi connectivity index (χ4v) is 3.81. The summed E-state index contributed by atoms with van der Waals surface area (Å²) in [5.41, 5.74) is 2.08. The number of carbonyl (C=O) groups is 2. The number of nitrogens with zero attached hydrogens (tertiary/aromatic N) is 3. The Morgan fingerprint density at radius 2 is 1.91 bits per heavy atom. The monoisotopic (exact) mass is 431 g/mol. The van der Waals surface area contributed by atoms with Crippen LogP contribution < -0.4 is 16.3 Å². The van der Waals surface area contributed by atoms with Crippen LogP contribution in [0, 0.1) is 0 Å². The third kappa shape index (κ3) is 5.40. The maximum Gasteiger partial charge on any atom is 0.347 e. The molecule has 8 nitrogen and oxygen atoms in total. The number of carbonyl (C=O) groups excluding carboxylic acids is 2. The Bertz CT molecular complexity index is 1150. The second-order valence-electron chi connectivity index (χ2n) is 7.74. The van der Waals surface area contributed by atoms with Gasteiger partial charge in [0.2, 0.25) is 5.91 Å². The molecule has 4 rings (SSSR count). The maximum absolute atomic E-state index is 12.8. The van der Waals surface area contributed by atoms with Crippen molar-refractivity contribution in [3.63, 3.8) is 0 Å². The Balaban J connectivity index is 1.44. The summed E-state index contributed by atoms with van der Waals surface area (Å²) in [7, 11) is 0. The van der Waals surface area contributed by atoms with Gasteiger partial charge in [-0.2, -0.15) is 0 Å². The molecule has 1 aromatic heterocycles. The second-order valence-corrected chi connectivity index (χ2v) is 7.74. The molecule has 1 saturated heterocycles. The van der Waals surface area contributed by atoms with Crippen LogP contribution in [0.15, 0.2) is 77.9 Å². The molecule has 2 aromatic carbocycles. The van der Waals surface area contributed by atoms with Crippen LogP contribution in [0.1, 0.15) is 30.0 Å². The molecule has 2 N–H and O–H groups in total. The minimum absolute atomic E-state index is 0.117. The number of hydrogen-bond donors (Lipinski definition) is 2. The number of benzene rings is 2. The van der Waals surface area contributed by atoms with E-state index in [1.165, 1.54) is 10.8 Å². The molecule has 1 fully saturated rings. The molecule has 1 aliphatic heterocycles. The highest BCUT2D eigenvalue weighted by Gasteiger charge is 2.25. The second kappa shape index (κ2) is 9.91. The highest BCUT2D eigenvalue weighted by Crippen LogP contribution is 2.19. The molecule has 32 heavy (non-hydrogen) atoms. The molecule has 0 radical (unpaired) electrons. The van der Waals surface area contributed by atoms with Gasteiger partial charge in [-0.05, 0) is 35.7 Å². The van der Waals surface area contributed by atoms with Gasteiger partial charge in [0.05, 0.1) is 12.6 Å². The number of anilines is 1. The van der Waals surface area contributed by atoms with Gasteiger partial charge in [-0.15, -0.1) is 0 Å². The largest absolute Gasteiger partial charge is 0.347 e. The third-order valence-electron chi connectivity index (χ3n) is 5.40. The highest BCUT2D eigenvalue weighted by atomic mass is 16.2. The molecule has 0 saturated carbocycles. The standard InChI is InChI=1S/C24H25N5O3/c30-22-11-5-13-28(22)17-21(19-8-2-1-3-9-19)27-23(31)26-20-10-4-7-18(15-20)16-29-14-6-12-25-24(29)32/h1-4,6-10,12,14-15,21H,5,11,13,16-17H2,(H2,26,27,31)/t21-/m1/s1. The molecule has 1 aliphatic rings. The van der Waals surface area contributed by atoms with E-state index in [2.05, 4.69) is 15.6 Å². The van der Waals surface area contributed by atoms with Gasteiger partial charge >= 0.3 is 11.7 Å². The van der Waals surface area contributed by atoms with Gasteiger partial charge in [0.25, 0.3) is 0 Å². The summed E-state index contributed by atoms with van der Waals surface area (Å²) in [6, 6.07) is 18.0. The summed E-state index contributed by atoms with van der Waals surface area (Å²) in [6.07, 6.45) is 4.53. The Kier molecular flexibility index (Phi) is 6.60. The van der Waals surface area contributed by atoms with Crippen molar-refractivity contribution in [1.29, 1.82) is 0 Å². The lowest BCUT2D eigenvalue weighted by molar-refractivity contribution is -0.128. The van der Waals surface area contributed by atoms with Gasteiger partial charge in [-0.25, -0.2) is 14.6 Å². The SMILES string of the molecule is O=C(Nc1cccc(Cn2cccnc2=O)c1)N[C@H](CN1CCCC1=O)c1ccccc1. The molecule has 0 bridgehead atoms. The zero-order chi connectivity index (χ0) is 22.3. The van der Waals surface area contributed by atoms with Gasteiger partial charge < -0.3 is 15.5 Å². The minimum atomic E-state index is -0.360. The number of hydrogen-bond acceptors (Lipinski definition) is 4. The van der Waals surface area contributed by atoms with Gasteiger partial charge in [0.1, 0.15) is 0 Å². The van der Waals surface area contributed by atoms with E-state index in [1.54, 1.807) is 23.2 Å². The third-order valence-corrected chi connectivity index (χ3v) is 5.40. The first-order valence-electron chi connectivity index (χ1n) is 10.6. The topological polar surface area (TPSA) is 96.3 Å². The molecule has 0 spiro atoms. The Labute approximate surface area is 185 Å². The Hall–Kier alpha value is -3.94. The van der Waals surface area contributed by atoms with E-state index in [0.717, 1.165) is 17.5 Å². The van der Waals surface area contributed by atoms with Crippen molar-refractivity contribution in [2.24, 2.45) is 0 Å². The molecule has 3 amide bonds. The summed E-state index contributed by atoms with van der Waals surface area (Å²) in [5.74, 6) is 0.117.